The molecule has 1 aliphatic heterocycles. The van der Waals surface area contributed by atoms with Gasteiger partial charge in [-0.2, -0.15) is 0 Å². The van der Waals surface area contributed by atoms with Crippen molar-refractivity contribution < 1.29 is 0 Å². The normalized spacial score (nSPS) is 15.2. The lowest BCUT2D eigenvalue weighted by molar-refractivity contribution is 0.689. The minimum Gasteiger partial charge on any atom is -0.323 e. The van der Waals surface area contributed by atoms with Crippen molar-refractivity contribution in [1.82, 2.24) is 4.57 Å². The number of allylic oxidation sites excluding steroid dienone is 1. The van der Waals surface area contributed by atoms with Crippen molar-refractivity contribution >= 4 is 66.0 Å². The van der Waals surface area contributed by atoms with Crippen molar-refractivity contribution in [3.63, 3.8) is 0 Å². The highest BCUT2D eigenvalue weighted by Crippen LogP contribution is 2.54. The van der Waals surface area contributed by atoms with Crippen LogP contribution < -0.4 is 10.4 Å². The van der Waals surface area contributed by atoms with Crippen LogP contribution in [-0.4, -0.2) is 4.57 Å². The lowest BCUT2D eigenvalue weighted by atomic mass is 9.70. The maximum atomic E-state index is 4.01. The third kappa shape index (κ3) is 3.06. The minimum absolute atomic E-state index is 0.134. The van der Waals surface area contributed by atoms with E-state index in [4.69, 9.17) is 0 Å². The highest BCUT2D eigenvalue weighted by molar-refractivity contribution is 9.10. The Labute approximate surface area is 246 Å². The molecule has 0 radical (unpaired) electrons. The second-order valence-electron chi connectivity index (χ2n) is 11.9. The largest absolute Gasteiger partial charge is 0.323 e. The van der Waals surface area contributed by atoms with Gasteiger partial charge in [-0.05, 0) is 117 Å². The Morgan fingerprint density at radius 1 is 0.634 bits per heavy atom. The molecule has 0 fully saturated rings. The fourth-order valence-corrected chi connectivity index (χ4v) is 8.31. The molecule has 4 aliphatic rings. The number of halogens is 1. The van der Waals surface area contributed by atoms with Gasteiger partial charge in [-0.3, -0.25) is 0 Å². The summed E-state index contributed by atoms with van der Waals surface area (Å²) in [6.07, 6.45) is 9.29. The first-order valence-corrected chi connectivity index (χ1v) is 15.0. The standard InChI is InChI=1S/C39H26BrN/c1-39(2)36-24(19-23-9-3-4-10-26(23)36)20-34-37(39)35-22-41(18-17-32(35)38(34)40)25-15-16-31-29-13-6-5-11-27(29)28-12-7-8-14-30(28)33(31)21-25/h3-22H,1-2H3. The van der Waals surface area contributed by atoms with E-state index in [1.165, 1.54) is 86.3 Å². The first-order chi connectivity index (χ1) is 20.0. The Hall–Kier alpha value is -4.40. The Kier molecular flexibility index (Phi) is 4.60. The summed E-state index contributed by atoms with van der Waals surface area (Å²) >= 11 is 4.01. The summed E-state index contributed by atoms with van der Waals surface area (Å²) in [5.41, 5.74) is 9.07. The molecule has 2 heteroatoms. The summed E-state index contributed by atoms with van der Waals surface area (Å²) in [7, 11) is 0. The Morgan fingerprint density at radius 3 is 2.00 bits per heavy atom. The molecule has 0 amide bonds. The van der Waals surface area contributed by atoms with Gasteiger partial charge in [0, 0.05) is 33.5 Å². The van der Waals surface area contributed by atoms with Gasteiger partial charge in [0.25, 0.3) is 0 Å². The van der Waals surface area contributed by atoms with Crippen LogP contribution in [0.1, 0.15) is 25.0 Å². The number of rotatable bonds is 1. The minimum atomic E-state index is -0.134. The summed E-state index contributed by atoms with van der Waals surface area (Å²) in [5, 5.41) is 10.5. The van der Waals surface area contributed by atoms with Crippen LogP contribution in [0.4, 0.5) is 0 Å². The van der Waals surface area contributed by atoms with Gasteiger partial charge < -0.3 is 4.57 Å². The van der Waals surface area contributed by atoms with Crippen molar-refractivity contribution in [3.8, 4) is 16.8 Å². The quantitative estimate of drug-likeness (QED) is 0.169. The molecule has 0 spiro atoms. The second-order valence-corrected chi connectivity index (χ2v) is 12.7. The van der Waals surface area contributed by atoms with E-state index in [-0.39, 0.29) is 5.41 Å². The number of aromatic nitrogens is 1. The van der Waals surface area contributed by atoms with Gasteiger partial charge in [0.05, 0.1) is 0 Å². The van der Waals surface area contributed by atoms with Gasteiger partial charge in [0.1, 0.15) is 0 Å². The molecule has 1 nitrogen and oxygen atoms in total. The molecule has 1 heterocycles. The molecule has 41 heavy (non-hydrogen) atoms. The zero-order chi connectivity index (χ0) is 27.5. The van der Waals surface area contributed by atoms with E-state index in [1.54, 1.807) is 0 Å². The average molecular weight is 589 g/mol. The summed E-state index contributed by atoms with van der Waals surface area (Å²) in [6, 6.07) is 35.6. The van der Waals surface area contributed by atoms with Crippen LogP contribution in [0.15, 0.2) is 120 Å². The van der Waals surface area contributed by atoms with Crippen molar-refractivity contribution in [1.29, 1.82) is 0 Å². The van der Waals surface area contributed by atoms with Crippen LogP contribution in [0.2, 0.25) is 0 Å². The maximum absolute atomic E-state index is 4.01. The van der Waals surface area contributed by atoms with E-state index in [2.05, 4.69) is 156 Å². The zero-order valence-electron chi connectivity index (χ0n) is 22.9. The number of hydrogen-bond donors (Lipinski definition) is 0. The van der Waals surface area contributed by atoms with Crippen LogP contribution in [0.3, 0.4) is 0 Å². The highest BCUT2D eigenvalue weighted by atomic mass is 79.9. The second kappa shape index (κ2) is 8.09. The molecular weight excluding hydrogens is 562 g/mol. The molecule has 5 aromatic carbocycles. The molecular formula is C39H26BrN. The molecule has 0 bridgehead atoms. The van der Waals surface area contributed by atoms with Gasteiger partial charge in [-0.1, -0.05) is 92.7 Å². The molecule has 3 aliphatic carbocycles. The van der Waals surface area contributed by atoms with E-state index >= 15 is 0 Å². The number of fused-ring (bicyclic) bond motifs is 11. The fourth-order valence-electron chi connectivity index (χ4n) is 7.65. The monoisotopic (exact) mass is 587 g/mol. The predicted molar refractivity (Wildman–Crippen MR) is 177 cm³/mol. The van der Waals surface area contributed by atoms with Crippen LogP contribution in [0.25, 0.3) is 66.9 Å². The van der Waals surface area contributed by atoms with E-state index in [9.17, 15) is 0 Å². The molecule has 0 unspecified atom stereocenters. The zero-order valence-corrected chi connectivity index (χ0v) is 24.5. The van der Waals surface area contributed by atoms with E-state index in [0.717, 1.165) is 0 Å². The van der Waals surface area contributed by atoms with Crippen LogP contribution in [-0.2, 0) is 5.41 Å². The van der Waals surface area contributed by atoms with Crippen LogP contribution in [0, 0.1) is 0 Å². The first-order valence-electron chi connectivity index (χ1n) is 14.2. The molecule has 5 aromatic rings. The summed E-state index contributed by atoms with van der Waals surface area (Å²) in [5.74, 6) is 0. The van der Waals surface area contributed by atoms with Crippen molar-refractivity contribution in [3.05, 3.63) is 141 Å². The molecule has 0 atom stereocenters. The molecule has 0 saturated carbocycles. The lowest BCUT2D eigenvalue weighted by Gasteiger charge is -2.33. The van der Waals surface area contributed by atoms with Gasteiger partial charge in [-0.25, -0.2) is 0 Å². The number of hydrogen-bond acceptors (Lipinski definition) is 0. The van der Waals surface area contributed by atoms with Crippen LogP contribution >= 0.6 is 15.9 Å². The number of nitrogens with zero attached hydrogens (tertiary/aromatic N) is 1. The smallest absolute Gasteiger partial charge is 0.0456 e. The Balaban J connectivity index is 1.30. The van der Waals surface area contributed by atoms with Crippen molar-refractivity contribution in [2.75, 3.05) is 0 Å². The SMILES string of the molecule is CC1(C)C2=c3ccccc3=CC2=Cc2c(Br)c3ccn(-c4ccc5c6ccccc6c6ccccc6c5c4)cc-3c21. The molecule has 0 saturated heterocycles. The van der Waals surface area contributed by atoms with E-state index in [1.807, 2.05) is 0 Å². The first kappa shape index (κ1) is 23.3. The molecule has 0 N–H and O–H groups in total. The Bertz CT molecular complexity index is 2360. The Morgan fingerprint density at radius 2 is 1.27 bits per heavy atom. The van der Waals surface area contributed by atoms with Gasteiger partial charge in [-0.15, -0.1) is 0 Å². The third-order valence-corrected chi connectivity index (χ3v) is 10.2. The highest BCUT2D eigenvalue weighted by Gasteiger charge is 2.40. The van der Waals surface area contributed by atoms with Crippen molar-refractivity contribution in [2.24, 2.45) is 0 Å². The van der Waals surface area contributed by atoms with E-state index < -0.39 is 0 Å². The molecule has 0 aromatic heterocycles. The fraction of sp³-hybridized carbons (Fsp3) is 0.0769. The third-order valence-electron chi connectivity index (χ3n) is 9.38. The van der Waals surface area contributed by atoms with Gasteiger partial charge >= 0.3 is 0 Å². The van der Waals surface area contributed by atoms with E-state index in [0.29, 0.717) is 0 Å². The van der Waals surface area contributed by atoms with Crippen molar-refractivity contribution in [2.45, 2.75) is 19.3 Å². The summed E-state index contributed by atoms with van der Waals surface area (Å²) in [4.78, 5) is 0. The summed E-state index contributed by atoms with van der Waals surface area (Å²) in [6.45, 7) is 4.78. The summed E-state index contributed by atoms with van der Waals surface area (Å²) < 4.78 is 3.49. The molecule has 194 valence electrons. The van der Waals surface area contributed by atoms with Crippen LogP contribution in [0.5, 0.6) is 0 Å². The molecule has 9 rings (SSSR count). The average Bonchev–Trinajstić information content (AvgIpc) is 3.53. The number of benzene rings is 5. The maximum Gasteiger partial charge on any atom is 0.0456 e. The van der Waals surface area contributed by atoms with Gasteiger partial charge in [0.2, 0.25) is 0 Å². The number of pyridine rings is 1. The topological polar surface area (TPSA) is 4.93 Å². The van der Waals surface area contributed by atoms with Gasteiger partial charge in [0.15, 0.2) is 0 Å². The predicted octanol–water partition coefficient (Wildman–Crippen LogP) is 9.12. The lowest BCUT2D eigenvalue weighted by Crippen LogP contribution is -2.31.